The first-order chi connectivity index (χ1) is 23.0. The van der Waals surface area contributed by atoms with Crippen molar-refractivity contribution in [2.75, 3.05) is 44.8 Å². The van der Waals surface area contributed by atoms with E-state index in [-0.39, 0.29) is 69.6 Å². The van der Waals surface area contributed by atoms with Crippen LogP contribution in [-0.2, 0) is 14.3 Å². The third-order valence-corrected chi connectivity index (χ3v) is 9.96. The van der Waals surface area contributed by atoms with Crippen LogP contribution in [-0.4, -0.2) is 89.8 Å². The van der Waals surface area contributed by atoms with Gasteiger partial charge in [-0.25, -0.2) is 17.6 Å². The number of rotatable bonds is 5. The number of quaternary nitrogens is 1. The van der Waals surface area contributed by atoms with Crippen LogP contribution >= 0.6 is 0 Å². The van der Waals surface area contributed by atoms with Gasteiger partial charge in [-0.2, -0.15) is 9.97 Å². The molecule has 4 saturated heterocycles. The highest BCUT2D eigenvalue weighted by atomic mass is 19.2. The van der Waals surface area contributed by atoms with Gasteiger partial charge in [0.15, 0.2) is 23.6 Å². The molecule has 0 spiro atoms. The Morgan fingerprint density at radius 2 is 1.90 bits per heavy atom. The second-order valence-electron chi connectivity index (χ2n) is 13.1. The molecule has 5 atom stereocenters. The highest BCUT2D eigenvalue weighted by Gasteiger charge is 2.54. The number of aromatic nitrogens is 3. The zero-order valence-electron chi connectivity index (χ0n) is 26.6. The standard InChI is InChI=1S/C31H29F4N5O3.C3H6O2/c32-17-10-31(6-1-7-40(31)12-17)15-42-30-37-28-22(29(38-30)39-13-19-3-4-20(14-39)43-19)11-36-27(26(28)35)21-9-18(41)8-16-2-5-23(33)25(34)24(16)21;1-3(4)5-2/h2,5,8-9,11,17,19-20,41H,1,3-4,6-7,10,12-15H2;1-2H3/p+1/t17?,19?,20?,31-;/m0./s1. The van der Waals surface area contributed by atoms with Gasteiger partial charge in [-0.15, -0.1) is 0 Å². The number of esters is 1. The molecule has 48 heavy (non-hydrogen) atoms. The van der Waals surface area contributed by atoms with Crippen LogP contribution in [0.2, 0.25) is 0 Å². The Kier molecular flexibility index (Phi) is 8.48. The number of fused-ring (bicyclic) bond motifs is 5. The quantitative estimate of drug-likeness (QED) is 0.240. The second-order valence-corrected chi connectivity index (χ2v) is 13.1. The van der Waals surface area contributed by atoms with Crippen LogP contribution in [0.4, 0.5) is 23.4 Å². The molecule has 4 aromatic rings. The summed E-state index contributed by atoms with van der Waals surface area (Å²) in [6.07, 6.45) is 4.60. The van der Waals surface area contributed by atoms with Crippen molar-refractivity contribution in [2.24, 2.45) is 0 Å². The second kappa shape index (κ2) is 12.6. The number of carbonyl (C=O) groups excluding carboxylic acids is 1. The first-order valence-corrected chi connectivity index (χ1v) is 16.1. The van der Waals surface area contributed by atoms with Crippen LogP contribution in [0.3, 0.4) is 0 Å². The molecule has 0 radical (unpaired) electrons. The van der Waals surface area contributed by atoms with Crippen molar-refractivity contribution in [1.29, 1.82) is 0 Å². The lowest BCUT2D eigenvalue weighted by molar-refractivity contribution is -0.926. The molecule has 6 heterocycles. The minimum absolute atomic E-state index is 0.0243. The zero-order chi connectivity index (χ0) is 33.7. The molecule has 14 heteroatoms. The monoisotopic (exact) mass is 670 g/mol. The van der Waals surface area contributed by atoms with Gasteiger partial charge in [0.1, 0.15) is 41.5 Å². The van der Waals surface area contributed by atoms with Crippen LogP contribution in [0.1, 0.15) is 39.0 Å². The molecule has 8 rings (SSSR count). The van der Waals surface area contributed by atoms with Crippen LogP contribution in [0.5, 0.6) is 11.8 Å². The van der Waals surface area contributed by atoms with E-state index in [9.17, 15) is 18.7 Å². The van der Waals surface area contributed by atoms with Crippen molar-refractivity contribution in [3.63, 3.8) is 0 Å². The molecule has 2 aromatic heterocycles. The fourth-order valence-electron chi connectivity index (χ4n) is 7.72. The number of nitrogens with zero attached hydrogens (tertiary/aromatic N) is 4. The highest BCUT2D eigenvalue weighted by molar-refractivity contribution is 6.00. The number of halogens is 4. The van der Waals surface area contributed by atoms with Gasteiger partial charge in [-0.1, -0.05) is 6.07 Å². The number of nitrogens with one attached hydrogen (secondary N) is 1. The van der Waals surface area contributed by atoms with E-state index in [1.165, 1.54) is 37.3 Å². The van der Waals surface area contributed by atoms with E-state index in [4.69, 9.17) is 14.5 Å². The van der Waals surface area contributed by atoms with E-state index in [1.807, 2.05) is 4.90 Å². The van der Waals surface area contributed by atoms with E-state index in [0.29, 0.717) is 37.3 Å². The van der Waals surface area contributed by atoms with Gasteiger partial charge in [0.25, 0.3) is 0 Å². The fourth-order valence-corrected chi connectivity index (χ4v) is 7.72. The summed E-state index contributed by atoms with van der Waals surface area (Å²) >= 11 is 0. The molecular formula is C34H36F4N5O5+. The molecule has 254 valence electrons. The summed E-state index contributed by atoms with van der Waals surface area (Å²) in [5.41, 5.74) is -0.876. The summed E-state index contributed by atoms with van der Waals surface area (Å²) in [4.78, 5) is 26.3. The predicted octanol–water partition coefficient (Wildman–Crippen LogP) is 4.05. The Morgan fingerprint density at radius 3 is 2.62 bits per heavy atom. The number of phenols is 1. The topological polar surface area (TPSA) is 111 Å². The number of alkyl halides is 1. The number of carbonyl (C=O) groups is 1. The summed E-state index contributed by atoms with van der Waals surface area (Å²) in [5.74, 6) is -3.21. The summed E-state index contributed by atoms with van der Waals surface area (Å²) in [5, 5.41) is 10.7. The van der Waals surface area contributed by atoms with Gasteiger partial charge in [0.05, 0.1) is 31.2 Å². The molecule has 4 fully saturated rings. The van der Waals surface area contributed by atoms with Crippen LogP contribution in [0.25, 0.3) is 32.9 Å². The Labute approximate surface area is 273 Å². The summed E-state index contributed by atoms with van der Waals surface area (Å²) in [6.45, 7) is 3.99. The van der Waals surface area contributed by atoms with E-state index >= 15 is 8.78 Å². The van der Waals surface area contributed by atoms with Gasteiger partial charge in [-0.3, -0.25) is 9.78 Å². The number of ether oxygens (including phenoxy) is 3. The van der Waals surface area contributed by atoms with E-state index in [1.54, 1.807) is 0 Å². The Morgan fingerprint density at radius 1 is 1.15 bits per heavy atom. The number of benzene rings is 2. The zero-order valence-corrected chi connectivity index (χ0v) is 26.6. The van der Waals surface area contributed by atoms with Crippen molar-refractivity contribution in [3.05, 3.63) is 47.9 Å². The number of pyridine rings is 1. The van der Waals surface area contributed by atoms with E-state index in [2.05, 4.69) is 14.7 Å². The first kappa shape index (κ1) is 32.3. The molecule has 10 nitrogen and oxygen atoms in total. The van der Waals surface area contributed by atoms with E-state index in [0.717, 1.165) is 44.4 Å². The molecule has 0 saturated carbocycles. The molecule has 0 amide bonds. The molecule has 2 N–H and O–H groups in total. The predicted molar refractivity (Wildman–Crippen MR) is 167 cm³/mol. The van der Waals surface area contributed by atoms with Crippen molar-refractivity contribution in [2.45, 2.75) is 62.9 Å². The van der Waals surface area contributed by atoms with Gasteiger partial charge in [0, 0.05) is 56.4 Å². The maximum atomic E-state index is 16.5. The molecular weight excluding hydrogens is 634 g/mol. The first-order valence-electron chi connectivity index (χ1n) is 16.1. The number of morpholine rings is 1. The molecule has 4 aliphatic rings. The number of hydrogen-bond donors (Lipinski definition) is 2. The van der Waals surface area contributed by atoms with Gasteiger partial charge >= 0.3 is 12.0 Å². The van der Waals surface area contributed by atoms with Gasteiger partial charge in [-0.05, 0) is 36.4 Å². The number of hydrogen-bond acceptors (Lipinski definition) is 9. The third kappa shape index (κ3) is 5.85. The van der Waals surface area contributed by atoms with Crippen molar-refractivity contribution in [1.82, 2.24) is 15.0 Å². The van der Waals surface area contributed by atoms with Crippen molar-refractivity contribution < 1.29 is 46.6 Å². The Hall–Kier alpha value is -4.30. The van der Waals surface area contributed by atoms with Gasteiger partial charge in [0.2, 0.25) is 0 Å². The largest absolute Gasteiger partial charge is 0.508 e. The van der Waals surface area contributed by atoms with Crippen LogP contribution in [0, 0.1) is 17.5 Å². The average Bonchev–Trinajstić information content (AvgIpc) is 3.71. The van der Waals surface area contributed by atoms with Gasteiger partial charge < -0.3 is 29.1 Å². The number of methoxy groups -OCH3 is 1. The maximum absolute atomic E-state index is 16.5. The molecule has 4 unspecified atom stereocenters. The summed E-state index contributed by atoms with van der Waals surface area (Å²) in [6, 6.07) is 4.65. The molecule has 2 aromatic carbocycles. The summed E-state index contributed by atoms with van der Waals surface area (Å²) in [7, 11) is 1.35. The Balaban J connectivity index is 0.000000681. The highest BCUT2D eigenvalue weighted by Crippen LogP contribution is 2.39. The molecule has 4 aliphatic heterocycles. The minimum Gasteiger partial charge on any atom is -0.508 e. The minimum atomic E-state index is -1.17. The van der Waals surface area contributed by atoms with E-state index < -0.39 is 23.6 Å². The lowest BCUT2D eigenvalue weighted by Gasteiger charge is -2.33. The third-order valence-electron chi connectivity index (χ3n) is 9.96. The normalized spacial score (nSPS) is 26.0. The lowest BCUT2D eigenvalue weighted by atomic mass is 9.95. The average molecular weight is 671 g/mol. The SMILES string of the molecule is COC(C)=O.Oc1cc(-c2ncc3c(N4CC5CCC(C4)O5)nc(OC[C@@]45CCC[NH+]4CC(F)C5)nc3c2F)c2c(F)c(F)ccc2c1. The lowest BCUT2D eigenvalue weighted by Crippen LogP contribution is -3.16. The fraction of sp³-hybridized carbons (Fsp3) is 0.471. The number of aromatic hydroxyl groups is 1. The van der Waals surface area contributed by atoms with Crippen LogP contribution < -0.4 is 14.5 Å². The molecule has 2 bridgehead atoms. The van der Waals surface area contributed by atoms with Crippen LogP contribution in [0.15, 0.2) is 30.5 Å². The van der Waals surface area contributed by atoms with Crippen molar-refractivity contribution >= 4 is 33.5 Å². The molecule has 0 aliphatic carbocycles. The number of phenolic OH excluding ortho intramolecular Hbond substituents is 1. The van der Waals surface area contributed by atoms with Crippen molar-refractivity contribution in [3.8, 4) is 23.0 Å². The smallest absolute Gasteiger partial charge is 0.319 e. The maximum Gasteiger partial charge on any atom is 0.319 e. The number of anilines is 1. The summed E-state index contributed by atoms with van der Waals surface area (Å²) < 4.78 is 76.6. The Bertz CT molecular complexity index is 1890.